The van der Waals surface area contributed by atoms with Gasteiger partial charge in [-0.25, -0.2) is 4.98 Å². The number of anilines is 1. The van der Waals surface area contributed by atoms with E-state index in [9.17, 15) is 10.1 Å². The fourth-order valence-electron chi connectivity index (χ4n) is 2.32. The van der Waals surface area contributed by atoms with E-state index in [-0.39, 0.29) is 0 Å². The van der Waals surface area contributed by atoms with E-state index < -0.39 is 5.91 Å². The number of nitriles is 1. The molecule has 0 aliphatic rings. The van der Waals surface area contributed by atoms with Crippen LogP contribution in [0.3, 0.4) is 0 Å². The number of aromatic nitrogens is 1. The number of hydrogen-bond donors (Lipinski definition) is 2. The highest BCUT2D eigenvalue weighted by Gasteiger charge is 2.09. The van der Waals surface area contributed by atoms with Gasteiger partial charge in [0, 0.05) is 28.4 Å². The van der Waals surface area contributed by atoms with Crippen molar-refractivity contribution in [1.82, 2.24) is 4.98 Å². The number of rotatable bonds is 6. The van der Waals surface area contributed by atoms with Gasteiger partial charge in [0.25, 0.3) is 0 Å². The van der Waals surface area contributed by atoms with Crippen molar-refractivity contribution in [2.45, 2.75) is 0 Å². The Morgan fingerprint density at radius 1 is 1.22 bits per heavy atom. The second-order valence-electron chi connectivity index (χ2n) is 5.52. The lowest BCUT2D eigenvalue weighted by Crippen LogP contribution is -2.10. The third kappa shape index (κ3) is 4.32. The van der Waals surface area contributed by atoms with Gasteiger partial charge in [-0.3, -0.25) is 4.79 Å². The minimum atomic E-state index is -0.483. The molecule has 0 atom stereocenters. The van der Waals surface area contributed by atoms with E-state index in [0.717, 1.165) is 22.7 Å². The highest BCUT2D eigenvalue weighted by molar-refractivity contribution is 7.11. The number of methoxy groups -OCH3 is 1. The molecule has 0 saturated heterocycles. The molecule has 0 aliphatic heterocycles. The van der Waals surface area contributed by atoms with Crippen molar-refractivity contribution in [3.8, 4) is 23.1 Å². The Bertz CT molecular complexity index is 1020. The van der Waals surface area contributed by atoms with E-state index in [0.29, 0.717) is 16.1 Å². The summed E-state index contributed by atoms with van der Waals surface area (Å²) in [5.41, 5.74) is 8.54. The lowest BCUT2D eigenvalue weighted by atomic mass is 10.2. The molecule has 1 aromatic heterocycles. The molecule has 6 nitrogen and oxygen atoms in total. The predicted octanol–water partition coefficient (Wildman–Crippen LogP) is 3.89. The zero-order valence-electron chi connectivity index (χ0n) is 14.5. The molecular formula is C20H16N4O2S. The minimum absolute atomic E-state index is 0.415. The Morgan fingerprint density at radius 2 is 1.93 bits per heavy atom. The van der Waals surface area contributed by atoms with Crippen molar-refractivity contribution in [2.75, 3.05) is 12.4 Å². The first-order valence-corrected chi connectivity index (χ1v) is 8.85. The van der Waals surface area contributed by atoms with E-state index in [1.165, 1.54) is 11.3 Å². The fraction of sp³-hybridized carbons (Fsp3) is 0.0500. The molecule has 0 aliphatic carbocycles. The summed E-state index contributed by atoms with van der Waals surface area (Å²) < 4.78 is 5.16. The lowest BCUT2D eigenvalue weighted by molar-refractivity contribution is 0.100. The first-order valence-electron chi connectivity index (χ1n) is 7.97. The van der Waals surface area contributed by atoms with Crippen molar-refractivity contribution in [1.29, 1.82) is 5.26 Å². The Hall–Kier alpha value is -3.63. The molecule has 3 rings (SSSR count). The molecule has 0 bridgehead atoms. The molecule has 1 amide bonds. The zero-order chi connectivity index (χ0) is 19.2. The van der Waals surface area contributed by atoms with Crippen LogP contribution in [0.5, 0.6) is 5.75 Å². The van der Waals surface area contributed by atoms with E-state index in [4.69, 9.17) is 10.5 Å². The van der Waals surface area contributed by atoms with Crippen LogP contribution in [0.2, 0.25) is 0 Å². The van der Waals surface area contributed by atoms with Gasteiger partial charge in [-0.1, -0.05) is 0 Å². The lowest BCUT2D eigenvalue weighted by Gasteiger charge is -2.02. The van der Waals surface area contributed by atoms with E-state index >= 15 is 0 Å². The monoisotopic (exact) mass is 376 g/mol. The van der Waals surface area contributed by atoms with Crippen LogP contribution in [-0.2, 0) is 0 Å². The number of amides is 1. The van der Waals surface area contributed by atoms with Crippen molar-refractivity contribution in [2.24, 2.45) is 5.73 Å². The van der Waals surface area contributed by atoms with Gasteiger partial charge in [-0.05, 0) is 48.5 Å². The number of thiazole rings is 1. The SMILES string of the molecule is COc1ccc(-c2csc(/C(C#N)=C\Nc3ccc(C(N)=O)cc3)n2)cc1. The van der Waals surface area contributed by atoms with Crippen molar-refractivity contribution in [3.05, 3.63) is 70.7 Å². The average molecular weight is 376 g/mol. The van der Waals surface area contributed by atoms with Gasteiger partial charge < -0.3 is 15.8 Å². The summed E-state index contributed by atoms with van der Waals surface area (Å²) in [5.74, 6) is 0.294. The first-order chi connectivity index (χ1) is 13.1. The molecule has 0 radical (unpaired) electrons. The third-order valence-electron chi connectivity index (χ3n) is 3.79. The number of primary amides is 1. The van der Waals surface area contributed by atoms with Gasteiger partial charge in [0.2, 0.25) is 5.91 Å². The molecule has 0 unspecified atom stereocenters. The molecular weight excluding hydrogens is 360 g/mol. The highest BCUT2D eigenvalue weighted by Crippen LogP contribution is 2.27. The van der Waals surface area contributed by atoms with E-state index in [1.54, 1.807) is 37.6 Å². The molecule has 0 saturated carbocycles. The quantitative estimate of drug-likeness (QED) is 0.636. The topological polar surface area (TPSA) is 101 Å². The second-order valence-corrected chi connectivity index (χ2v) is 6.38. The largest absolute Gasteiger partial charge is 0.497 e. The molecule has 2 aromatic carbocycles. The number of allylic oxidation sites excluding steroid dienone is 1. The first kappa shape index (κ1) is 18.2. The van der Waals surface area contributed by atoms with Crippen LogP contribution in [-0.4, -0.2) is 18.0 Å². The molecule has 1 heterocycles. The maximum Gasteiger partial charge on any atom is 0.248 e. The van der Waals surface area contributed by atoms with Gasteiger partial charge in [-0.2, -0.15) is 5.26 Å². The highest BCUT2D eigenvalue weighted by atomic mass is 32.1. The van der Waals surface area contributed by atoms with Crippen LogP contribution < -0.4 is 15.8 Å². The van der Waals surface area contributed by atoms with Crippen molar-refractivity contribution >= 4 is 28.5 Å². The molecule has 7 heteroatoms. The minimum Gasteiger partial charge on any atom is -0.497 e. The zero-order valence-corrected chi connectivity index (χ0v) is 15.3. The standard InChI is InChI=1S/C20H16N4O2S/c1-26-17-8-4-13(5-9-17)18-12-27-20(24-18)15(10-21)11-23-16-6-2-14(3-7-16)19(22)25/h2-9,11-12,23H,1H3,(H2,22,25)/b15-11-. The van der Waals surface area contributed by atoms with Gasteiger partial charge in [0.05, 0.1) is 12.8 Å². The molecule has 134 valence electrons. The van der Waals surface area contributed by atoms with Gasteiger partial charge in [0.1, 0.15) is 22.4 Å². The summed E-state index contributed by atoms with van der Waals surface area (Å²) in [6.07, 6.45) is 1.59. The normalized spacial score (nSPS) is 10.9. The average Bonchev–Trinajstić information content (AvgIpc) is 3.19. The molecule has 3 N–H and O–H groups in total. The molecule has 0 spiro atoms. The number of carbonyl (C=O) groups is 1. The van der Waals surface area contributed by atoms with Crippen LogP contribution in [0.25, 0.3) is 16.8 Å². The van der Waals surface area contributed by atoms with Crippen LogP contribution >= 0.6 is 11.3 Å². The summed E-state index contributed by atoms with van der Waals surface area (Å²) in [5, 5.41) is 15.0. The smallest absolute Gasteiger partial charge is 0.248 e. The summed E-state index contributed by atoms with van der Waals surface area (Å²) in [6, 6.07) is 16.4. The summed E-state index contributed by atoms with van der Waals surface area (Å²) in [4.78, 5) is 15.6. The number of benzene rings is 2. The van der Waals surface area contributed by atoms with Crippen LogP contribution in [0.4, 0.5) is 5.69 Å². The third-order valence-corrected chi connectivity index (χ3v) is 4.67. The Morgan fingerprint density at radius 3 is 2.52 bits per heavy atom. The summed E-state index contributed by atoms with van der Waals surface area (Å²) in [7, 11) is 1.62. The van der Waals surface area contributed by atoms with Crippen LogP contribution in [0.1, 0.15) is 15.4 Å². The summed E-state index contributed by atoms with van der Waals surface area (Å²) in [6.45, 7) is 0. The number of ether oxygens (including phenoxy) is 1. The number of carbonyl (C=O) groups excluding carboxylic acids is 1. The van der Waals surface area contributed by atoms with Crippen molar-refractivity contribution in [3.63, 3.8) is 0 Å². The number of hydrogen-bond acceptors (Lipinski definition) is 6. The molecule has 27 heavy (non-hydrogen) atoms. The Kier molecular flexibility index (Phi) is 5.50. The Labute approximate surface area is 160 Å². The van der Waals surface area contributed by atoms with E-state index in [2.05, 4.69) is 16.4 Å². The van der Waals surface area contributed by atoms with Gasteiger partial charge in [0.15, 0.2) is 0 Å². The number of nitrogens with one attached hydrogen (secondary N) is 1. The molecule has 0 fully saturated rings. The fourth-order valence-corrected chi connectivity index (χ4v) is 3.11. The maximum absolute atomic E-state index is 11.1. The van der Waals surface area contributed by atoms with Gasteiger partial charge in [-0.15, -0.1) is 11.3 Å². The van der Waals surface area contributed by atoms with Crippen LogP contribution in [0, 0.1) is 11.3 Å². The predicted molar refractivity (Wildman–Crippen MR) is 106 cm³/mol. The number of nitrogens with zero attached hydrogens (tertiary/aromatic N) is 2. The number of nitrogens with two attached hydrogens (primary N) is 1. The maximum atomic E-state index is 11.1. The van der Waals surface area contributed by atoms with Crippen molar-refractivity contribution < 1.29 is 9.53 Å². The molecule has 3 aromatic rings. The summed E-state index contributed by atoms with van der Waals surface area (Å²) >= 11 is 1.39. The Balaban J connectivity index is 1.77. The van der Waals surface area contributed by atoms with E-state index in [1.807, 2.05) is 29.6 Å². The second kappa shape index (κ2) is 8.17. The van der Waals surface area contributed by atoms with Crippen LogP contribution in [0.15, 0.2) is 60.1 Å². The van der Waals surface area contributed by atoms with Gasteiger partial charge >= 0.3 is 0 Å².